The highest BCUT2D eigenvalue weighted by Gasteiger charge is 2.33. The van der Waals surface area contributed by atoms with Gasteiger partial charge in [0.1, 0.15) is 5.82 Å². The van der Waals surface area contributed by atoms with Gasteiger partial charge in [0.2, 0.25) is 5.95 Å². The fourth-order valence-corrected chi connectivity index (χ4v) is 5.23. The summed E-state index contributed by atoms with van der Waals surface area (Å²) in [5, 5.41) is 6.48. The molecule has 1 aromatic heterocycles. The quantitative estimate of drug-likeness (QED) is 0.354. The summed E-state index contributed by atoms with van der Waals surface area (Å²) in [6.07, 6.45) is 5.66. The molecule has 0 radical (unpaired) electrons. The number of benzene rings is 2. The lowest BCUT2D eigenvalue weighted by Gasteiger charge is -2.14. The first-order valence-corrected chi connectivity index (χ1v) is 14.1. The van der Waals surface area contributed by atoms with Crippen molar-refractivity contribution in [2.45, 2.75) is 44.7 Å². The summed E-state index contributed by atoms with van der Waals surface area (Å²) < 4.78 is 52.1. The molecule has 1 heterocycles. The summed E-state index contributed by atoms with van der Waals surface area (Å²) in [5.41, 5.74) is 4.18. The van der Waals surface area contributed by atoms with Crippen molar-refractivity contribution in [1.29, 1.82) is 0 Å². The number of anilines is 4. The van der Waals surface area contributed by atoms with E-state index < -0.39 is 21.0 Å². The van der Waals surface area contributed by atoms with E-state index in [1.54, 1.807) is 6.20 Å². The van der Waals surface area contributed by atoms with E-state index in [0.29, 0.717) is 11.8 Å². The summed E-state index contributed by atoms with van der Waals surface area (Å²) in [5.74, 6) is 1.61. The third-order valence-electron chi connectivity index (χ3n) is 6.53. The van der Waals surface area contributed by atoms with Crippen LogP contribution < -0.4 is 10.6 Å². The molecule has 2 unspecified atom stereocenters. The van der Waals surface area contributed by atoms with E-state index in [1.807, 2.05) is 55.5 Å². The second-order valence-electron chi connectivity index (χ2n) is 9.43. The maximum Gasteiger partial charge on any atom is 0.311 e. The van der Waals surface area contributed by atoms with Crippen molar-refractivity contribution in [1.82, 2.24) is 9.97 Å². The molecule has 2 fully saturated rings. The molecule has 0 spiro atoms. The molecular formula is C25H26N6O4S2. The summed E-state index contributed by atoms with van der Waals surface area (Å²) in [6.45, 7) is 1.91. The second kappa shape index (κ2) is 10.8. The molecule has 5 rings (SSSR count). The van der Waals surface area contributed by atoms with Gasteiger partial charge in [0.25, 0.3) is 0 Å². The highest BCUT2D eigenvalue weighted by atomic mass is 32.2. The van der Waals surface area contributed by atoms with Gasteiger partial charge in [-0.15, -0.1) is 0 Å². The van der Waals surface area contributed by atoms with Crippen LogP contribution >= 0.6 is 0 Å². The van der Waals surface area contributed by atoms with E-state index in [0.717, 1.165) is 53.7 Å². The first kappa shape index (κ1) is 25.0. The maximum atomic E-state index is 11.1. The van der Waals surface area contributed by atoms with E-state index in [-0.39, 0.29) is 23.9 Å². The lowest BCUT2D eigenvalue weighted by Crippen LogP contribution is -2.04. The topological polar surface area (TPSA) is 143 Å². The van der Waals surface area contributed by atoms with Gasteiger partial charge >= 0.3 is 21.0 Å². The Bertz CT molecular complexity index is 1550. The first-order valence-electron chi connectivity index (χ1n) is 12.0. The van der Waals surface area contributed by atoms with Crippen LogP contribution in [0.3, 0.4) is 0 Å². The van der Waals surface area contributed by atoms with E-state index in [9.17, 15) is 16.8 Å². The largest absolute Gasteiger partial charge is 0.340 e. The molecule has 12 heteroatoms. The molecule has 192 valence electrons. The molecule has 0 saturated heterocycles. The predicted octanol–water partition coefficient (Wildman–Crippen LogP) is 5.30. The molecule has 0 amide bonds. The van der Waals surface area contributed by atoms with Crippen molar-refractivity contribution in [3.8, 4) is 0 Å². The molecule has 2 aliphatic carbocycles. The SMILES string of the molecule is Cc1cnc(Nc2ccc(C(N=S(=O)=O)C3CC3)cc2)nc1Nc1ccc(C(N=S(=O)=O)C2CC2)cc1. The van der Waals surface area contributed by atoms with Crippen LogP contribution in [-0.2, 0) is 21.0 Å². The van der Waals surface area contributed by atoms with E-state index in [2.05, 4.69) is 29.3 Å². The molecule has 37 heavy (non-hydrogen) atoms. The molecule has 2 N–H and O–H groups in total. The molecule has 2 saturated carbocycles. The van der Waals surface area contributed by atoms with Crippen LogP contribution in [0.4, 0.5) is 23.1 Å². The van der Waals surface area contributed by atoms with Crippen LogP contribution in [0.25, 0.3) is 0 Å². The molecule has 0 aliphatic heterocycles. The average molecular weight is 539 g/mol. The minimum Gasteiger partial charge on any atom is -0.340 e. The Morgan fingerprint density at radius 3 is 1.65 bits per heavy atom. The highest BCUT2D eigenvalue weighted by molar-refractivity contribution is 7.61. The standard InChI is InChI=1S/C25H26N6O4S2/c1-15-14-26-25(28-21-12-8-19(9-13-21)23(17-4-5-17)31-37(34)35)29-24(15)27-20-10-6-18(7-11-20)22(16-2-3-16)30-36(32)33/h6-14,16-17,22-23H,2-5H2,1H3,(H2,26,27,28,29). The van der Waals surface area contributed by atoms with Gasteiger partial charge in [0.05, 0.1) is 12.1 Å². The van der Waals surface area contributed by atoms with Crippen molar-refractivity contribution < 1.29 is 16.8 Å². The number of aromatic nitrogens is 2. The molecule has 2 aliphatic rings. The fraction of sp³-hybridized carbons (Fsp3) is 0.360. The van der Waals surface area contributed by atoms with Gasteiger partial charge in [-0.25, -0.2) is 4.98 Å². The van der Waals surface area contributed by atoms with Gasteiger partial charge < -0.3 is 10.6 Å². The van der Waals surface area contributed by atoms with Crippen molar-refractivity contribution in [3.63, 3.8) is 0 Å². The molecular weight excluding hydrogens is 512 g/mol. The normalized spacial score (nSPS) is 16.4. The Hall–Kier alpha value is -3.64. The second-order valence-corrected chi connectivity index (χ2v) is 10.7. The Labute approximate surface area is 218 Å². The summed E-state index contributed by atoms with van der Waals surface area (Å²) in [4.78, 5) is 8.97. The number of nitrogens with one attached hydrogen (secondary N) is 2. The fourth-order valence-electron chi connectivity index (χ4n) is 4.27. The number of rotatable bonds is 10. The molecule has 10 nitrogen and oxygen atoms in total. The Kier molecular flexibility index (Phi) is 7.28. The number of aryl methyl sites for hydroxylation is 1. The van der Waals surface area contributed by atoms with Gasteiger partial charge in [-0.05, 0) is 79.8 Å². The lowest BCUT2D eigenvalue weighted by molar-refractivity contribution is 0.596. The van der Waals surface area contributed by atoms with Crippen molar-refractivity contribution in [2.75, 3.05) is 10.6 Å². The van der Waals surface area contributed by atoms with Crippen LogP contribution in [0.1, 0.15) is 54.5 Å². The van der Waals surface area contributed by atoms with Crippen molar-refractivity contribution in [2.24, 2.45) is 20.6 Å². The Morgan fingerprint density at radius 2 is 1.22 bits per heavy atom. The number of hydrogen-bond donors (Lipinski definition) is 2. The van der Waals surface area contributed by atoms with E-state index in [4.69, 9.17) is 0 Å². The molecule has 2 aromatic carbocycles. The summed E-state index contributed by atoms with van der Waals surface area (Å²) in [7, 11) is -4.87. The van der Waals surface area contributed by atoms with E-state index >= 15 is 0 Å². The number of hydrogen-bond acceptors (Lipinski definition) is 10. The van der Waals surface area contributed by atoms with Gasteiger partial charge in [-0.2, -0.15) is 30.5 Å². The van der Waals surface area contributed by atoms with Crippen LogP contribution in [0.15, 0.2) is 63.5 Å². The van der Waals surface area contributed by atoms with Gasteiger partial charge in [-0.1, -0.05) is 24.3 Å². The zero-order chi connectivity index (χ0) is 25.9. The Balaban J connectivity index is 1.28. The van der Waals surface area contributed by atoms with Crippen LogP contribution in [0.2, 0.25) is 0 Å². The highest BCUT2D eigenvalue weighted by Crippen LogP contribution is 2.44. The van der Waals surface area contributed by atoms with Crippen LogP contribution in [0, 0.1) is 18.8 Å². The Morgan fingerprint density at radius 1 is 0.757 bits per heavy atom. The minimum absolute atomic E-state index is 0.282. The molecule has 2 atom stereocenters. The maximum absolute atomic E-state index is 11.1. The van der Waals surface area contributed by atoms with Crippen LogP contribution in [0.5, 0.6) is 0 Å². The van der Waals surface area contributed by atoms with Crippen molar-refractivity contribution in [3.05, 3.63) is 71.4 Å². The van der Waals surface area contributed by atoms with E-state index in [1.165, 1.54) is 0 Å². The zero-order valence-electron chi connectivity index (χ0n) is 20.1. The smallest absolute Gasteiger partial charge is 0.311 e. The van der Waals surface area contributed by atoms with Gasteiger partial charge in [0, 0.05) is 23.1 Å². The summed E-state index contributed by atoms with van der Waals surface area (Å²) in [6, 6.07) is 14.4. The van der Waals surface area contributed by atoms with Gasteiger partial charge in [-0.3, -0.25) is 0 Å². The molecule has 0 bridgehead atoms. The third-order valence-corrected chi connectivity index (χ3v) is 7.33. The monoisotopic (exact) mass is 538 g/mol. The lowest BCUT2D eigenvalue weighted by atomic mass is 10.0. The van der Waals surface area contributed by atoms with Crippen molar-refractivity contribution >= 4 is 44.1 Å². The first-order chi connectivity index (χ1) is 17.9. The average Bonchev–Trinajstić information content (AvgIpc) is 3.78. The zero-order valence-corrected chi connectivity index (χ0v) is 21.7. The minimum atomic E-state index is -2.44. The third kappa shape index (κ3) is 6.57. The van der Waals surface area contributed by atoms with Gasteiger partial charge in [0.15, 0.2) is 0 Å². The summed E-state index contributed by atoms with van der Waals surface area (Å²) >= 11 is 0. The van der Waals surface area contributed by atoms with Crippen LogP contribution in [-0.4, -0.2) is 26.8 Å². The number of nitrogens with zero attached hydrogens (tertiary/aromatic N) is 4. The molecule has 3 aromatic rings. The predicted molar refractivity (Wildman–Crippen MR) is 140 cm³/mol.